The molecule has 2 aromatic heterocycles. The van der Waals surface area contributed by atoms with Crippen LogP contribution in [0.2, 0.25) is 5.15 Å². The smallest absolute Gasteiger partial charge is 0.137 e. The van der Waals surface area contributed by atoms with Crippen molar-refractivity contribution in [2.45, 2.75) is 46.6 Å². The first kappa shape index (κ1) is 15.6. The molecule has 0 aliphatic heterocycles. The molecule has 21 heavy (non-hydrogen) atoms. The molecule has 0 spiro atoms. The van der Waals surface area contributed by atoms with E-state index >= 15 is 0 Å². The summed E-state index contributed by atoms with van der Waals surface area (Å²) in [7, 11) is 0. The fourth-order valence-corrected chi connectivity index (χ4v) is 1.94. The van der Waals surface area contributed by atoms with Crippen LogP contribution in [0.4, 0.5) is 5.82 Å². The molecule has 6 heteroatoms. The largest absolute Gasteiger partial charge is 0.364 e. The minimum atomic E-state index is -0.153. The van der Waals surface area contributed by atoms with Gasteiger partial charge in [-0.1, -0.05) is 32.4 Å². The molecule has 0 aliphatic carbocycles. The minimum Gasteiger partial charge on any atom is -0.364 e. The summed E-state index contributed by atoms with van der Waals surface area (Å²) in [5.41, 5.74) is 1.60. The van der Waals surface area contributed by atoms with Crippen LogP contribution in [-0.2, 0) is 12.0 Å². The van der Waals surface area contributed by atoms with Gasteiger partial charge in [-0.05, 0) is 19.9 Å². The lowest BCUT2D eigenvalue weighted by Gasteiger charge is -2.19. The maximum atomic E-state index is 6.22. The van der Waals surface area contributed by atoms with Gasteiger partial charge in [0, 0.05) is 17.2 Å². The van der Waals surface area contributed by atoms with Gasteiger partial charge >= 0.3 is 0 Å². The highest BCUT2D eigenvalue weighted by Gasteiger charge is 2.20. The highest BCUT2D eigenvalue weighted by atomic mass is 35.5. The zero-order valence-corrected chi connectivity index (χ0v) is 13.8. The molecule has 1 N–H and O–H groups in total. The van der Waals surface area contributed by atoms with Crippen molar-refractivity contribution in [3.8, 4) is 0 Å². The Morgan fingerprint density at radius 1 is 1.14 bits per heavy atom. The van der Waals surface area contributed by atoms with E-state index in [2.05, 4.69) is 46.0 Å². The summed E-state index contributed by atoms with van der Waals surface area (Å²) in [6.07, 6.45) is 1.75. The fourth-order valence-electron chi connectivity index (χ4n) is 1.77. The van der Waals surface area contributed by atoms with Gasteiger partial charge in [0.15, 0.2) is 0 Å². The SMILES string of the molecule is Cc1nccc(CNc2nc(C(C)(C)C)nc(Cl)c2C)n1. The van der Waals surface area contributed by atoms with E-state index in [1.165, 1.54) is 0 Å². The molecule has 0 aromatic carbocycles. The van der Waals surface area contributed by atoms with Gasteiger partial charge in [-0.2, -0.15) is 0 Å². The maximum Gasteiger partial charge on any atom is 0.137 e. The molecule has 0 saturated carbocycles. The van der Waals surface area contributed by atoms with Crippen LogP contribution in [0.25, 0.3) is 0 Å². The lowest BCUT2D eigenvalue weighted by atomic mass is 9.95. The first-order valence-corrected chi connectivity index (χ1v) is 7.22. The first-order chi connectivity index (χ1) is 9.77. The Morgan fingerprint density at radius 3 is 2.48 bits per heavy atom. The van der Waals surface area contributed by atoms with Gasteiger partial charge in [-0.25, -0.2) is 19.9 Å². The number of nitrogens with one attached hydrogen (secondary N) is 1. The number of aryl methyl sites for hydroxylation is 1. The molecule has 0 fully saturated rings. The van der Waals surface area contributed by atoms with Gasteiger partial charge in [0.25, 0.3) is 0 Å². The van der Waals surface area contributed by atoms with Crippen molar-refractivity contribution < 1.29 is 0 Å². The van der Waals surface area contributed by atoms with E-state index in [0.717, 1.165) is 28.7 Å². The second kappa shape index (κ2) is 5.93. The first-order valence-electron chi connectivity index (χ1n) is 6.84. The van der Waals surface area contributed by atoms with Crippen molar-refractivity contribution in [1.29, 1.82) is 0 Å². The third-order valence-electron chi connectivity index (χ3n) is 3.03. The Kier molecular flexibility index (Phi) is 4.42. The Labute approximate surface area is 130 Å². The molecule has 0 unspecified atom stereocenters. The summed E-state index contributed by atoms with van der Waals surface area (Å²) in [4.78, 5) is 17.4. The molecule has 0 amide bonds. The predicted octanol–water partition coefficient (Wildman–Crippen LogP) is 3.45. The monoisotopic (exact) mass is 305 g/mol. The summed E-state index contributed by atoms with van der Waals surface area (Å²) >= 11 is 6.22. The number of halogens is 1. The van der Waals surface area contributed by atoms with E-state index in [1.54, 1.807) is 6.20 Å². The van der Waals surface area contributed by atoms with Gasteiger partial charge in [0.05, 0.1) is 12.2 Å². The molecule has 2 rings (SSSR count). The van der Waals surface area contributed by atoms with Crippen molar-refractivity contribution >= 4 is 17.4 Å². The maximum absolute atomic E-state index is 6.22. The van der Waals surface area contributed by atoms with Crippen molar-refractivity contribution in [2.75, 3.05) is 5.32 Å². The van der Waals surface area contributed by atoms with Crippen LogP contribution < -0.4 is 5.32 Å². The summed E-state index contributed by atoms with van der Waals surface area (Å²) in [6, 6.07) is 1.88. The van der Waals surface area contributed by atoms with E-state index in [1.807, 2.05) is 19.9 Å². The summed E-state index contributed by atoms with van der Waals surface area (Å²) in [5.74, 6) is 2.22. The molecular formula is C15H20ClN5. The van der Waals surface area contributed by atoms with Gasteiger partial charge in [-0.3, -0.25) is 0 Å². The lowest BCUT2D eigenvalue weighted by molar-refractivity contribution is 0.545. The average Bonchev–Trinajstić information content (AvgIpc) is 2.39. The Morgan fingerprint density at radius 2 is 1.86 bits per heavy atom. The summed E-state index contributed by atoms with van der Waals surface area (Å²) in [6.45, 7) is 10.5. The van der Waals surface area contributed by atoms with E-state index in [-0.39, 0.29) is 5.41 Å². The van der Waals surface area contributed by atoms with Crippen LogP contribution in [-0.4, -0.2) is 19.9 Å². The van der Waals surface area contributed by atoms with Crippen LogP contribution >= 0.6 is 11.6 Å². The molecule has 0 radical (unpaired) electrons. The number of hydrogen-bond acceptors (Lipinski definition) is 5. The number of rotatable bonds is 3. The number of hydrogen-bond donors (Lipinski definition) is 1. The third kappa shape index (κ3) is 3.88. The molecule has 0 saturated heterocycles. The van der Waals surface area contributed by atoms with Gasteiger partial charge < -0.3 is 5.32 Å². The summed E-state index contributed by atoms with van der Waals surface area (Å²) < 4.78 is 0. The van der Waals surface area contributed by atoms with E-state index in [4.69, 9.17) is 11.6 Å². The van der Waals surface area contributed by atoms with Crippen molar-refractivity contribution in [3.63, 3.8) is 0 Å². The normalized spacial score (nSPS) is 11.5. The van der Waals surface area contributed by atoms with E-state index < -0.39 is 0 Å². The zero-order chi connectivity index (χ0) is 15.6. The Hall–Kier alpha value is -1.75. The second-order valence-electron chi connectivity index (χ2n) is 6.01. The highest BCUT2D eigenvalue weighted by molar-refractivity contribution is 6.30. The molecule has 0 atom stereocenters. The Balaban J connectivity index is 2.25. The van der Waals surface area contributed by atoms with Crippen LogP contribution in [0.15, 0.2) is 12.3 Å². The summed E-state index contributed by atoms with van der Waals surface area (Å²) in [5, 5.41) is 3.77. The molecule has 112 valence electrons. The van der Waals surface area contributed by atoms with Crippen LogP contribution in [0.5, 0.6) is 0 Å². The molecular weight excluding hydrogens is 286 g/mol. The quantitative estimate of drug-likeness (QED) is 0.880. The van der Waals surface area contributed by atoms with Gasteiger partial charge in [-0.15, -0.1) is 0 Å². The van der Waals surface area contributed by atoms with Crippen molar-refractivity contribution in [2.24, 2.45) is 0 Å². The second-order valence-corrected chi connectivity index (χ2v) is 6.37. The molecule has 0 aliphatic rings. The molecule has 2 heterocycles. The van der Waals surface area contributed by atoms with Gasteiger partial charge in [0.2, 0.25) is 0 Å². The third-order valence-corrected chi connectivity index (χ3v) is 3.40. The van der Waals surface area contributed by atoms with Crippen LogP contribution in [0.3, 0.4) is 0 Å². The standard InChI is InChI=1S/C15H20ClN5/c1-9-12(16)20-14(15(3,4)5)21-13(9)18-8-11-6-7-17-10(2)19-11/h6-7H,8H2,1-5H3,(H,18,20,21). The van der Waals surface area contributed by atoms with E-state index in [9.17, 15) is 0 Å². The molecule has 0 bridgehead atoms. The molecule has 5 nitrogen and oxygen atoms in total. The predicted molar refractivity (Wildman–Crippen MR) is 84.6 cm³/mol. The Bertz CT molecular complexity index is 649. The van der Waals surface area contributed by atoms with Gasteiger partial charge in [0.1, 0.15) is 22.6 Å². The minimum absolute atomic E-state index is 0.153. The average molecular weight is 306 g/mol. The number of aromatic nitrogens is 4. The van der Waals surface area contributed by atoms with E-state index in [0.29, 0.717) is 11.7 Å². The topological polar surface area (TPSA) is 63.6 Å². The number of nitrogens with zero attached hydrogens (tertiary/aromatic N) is 4. The lowest BCUT2D eigenvalue weighted by Crippen LogP contribution is -2.18. The highest BCUT2D eigenvalue weighted by Crippen LogP contribution is 2.26. The van der Waals surface area contributed by atoms with Crippen LogP contribution in [0.1, 0.15) is 43.7 Å². The molecule has 2 aromatic rings. The fraction of sp³-hybridized carbons (Fsp3) is 0.467. The number of anilines is 1. The van der Waals surface area contributed by atoms with Crippen molar-refractivity contribution in [3.05, 3.63) is 40.3 Å². The zero-order valence-electron chi connectivity index (χ0n) is 13.0. The van der Waals surface area contributed by atoms with Crippen molar-refractivity contribution in [1.82, 2.24) is 19.9 Å². The van der Waals surface area contributed by atoms with Crippen LogP contribution in [0, 0.1) is 13.8 Å².